The second-order valence-corrected chi connectivity index (χ2v) is 11.5. The third-order valence-corrected chi connectivity index (χ3v) is 9.18. The quantitative estimate of drug-likeness (QED) is 0.674. The smallest absolute Gasteiger partial charge is 0.243 e. The Kier molecular flexibility index (Phi) is 6.36. The molecular formula is C18H20Cl2N2O4S2. The summed E-state index contributed by atoms with van der Waals surface area (Å²) in [7, 11) is -7.49. The number of hydrogen-bond donors (Lipinski definition) is 0. The summed E-state index contributed by atoms with van der Waals surface area (Å²) < 4.78 is 52.2. The van der Waals surface area contributed by atoms with Crippen molar-refractivity contribution in [3.8, 4) is 0 Å². The van der Waals surface area contributed by atoms with E-state index in [0.29, 0.717) is 24.6 Å². The molecule has 1 aromatic carbocycles. The van der Waals surface area contributed by atoms with Crippen LogP contribution in [0.25, 0.3) is 0 Å². The molecule has 2 aromatic rings. The average molecular weight is 463 g/mol. The van der Waals surface area contributed by atoms with E-state index in [2.05, 4.69) is 11.9 Å². The molecule has 1 aliphatic heterocycles. The van der Waals surface area contributed by atoms with Crippen LogP contribution in [-0.4, -0.2) is 39.2 Å². The minimum Gasteiger partial charge on any atom is -0.243 e. The van der Waals surface area contributed by atoms with Crippen molar-refractivity contribution in [1.29, 1.82) is 0 Å². The lowest BCUT2D eigenvalue weighted by Crippen LogP contribution is -2.38. The van der Waals surface area contributed by atoms with Gasteiger partial charge in [0.15, 0.2) is 14.9 Å². The highest BCUT2D eigenvalue weighted by atomic mass is 35.5. The van der Waals surface area contributed by atoms with Gasteiger partial charge >= 0.3 is 0 Å². The van der Waals surface area contributed by atoms with Gasteiger partial charge in [-0.2, -0.15) is 4.31 Å². The van der Waals surface area contributed by atoms with Crippen LogP contribution in [0.3, 0.4) is 0 Å². The minimum absolute atomic E-state index is 0.0407. The molecule has 0 saturated carbocycles. The maximum absolute atomic E-state index is 12.7. The molecule has 0 amide bonds. The van der Waals surface area contributed by atoms with Crippen LogP contribution >= 0.6 is 23.2 Å². The minimum atomic E-state index is -3.81. The zero-order chi connectivity index (χ0) is 20.5. The second-order valence-electron chi connectivity index (χ2n) is 6.90. The number of benzene rings is 1. The topological polar surface area (TPSA) is 84.4 Å². The predicted octanol–water partition coefficient (Wildman–Crippen LogP) is 3.78. The van der Waals surface area contributed by atoms with Crippen LogP contribution in [0.2, 0.25) is 10.0 Å². The normalized spacial score (nSPS) is 17.0. The lowest BCUT2D eigenvalue weighted by molar-refractivity contribution is 0.287. The zero-order valence-electron chi connectivity index (χ0n) is 15.2. The summed E-state index contributed by atoms with van der Waals surface area (Å²) in [4.78, 5) is 3.87. The first-order chi connectivity index (χ1) is 13.1. The number of hydrogen-bond acceptors (Lipinski definition) is 5. The van der Waals surface area contributed by atoms with E-state index in [0.717, 1.165) is 12.8 Å². The molecule has 2 heterocycles. The molecule has 3 rings (SSSR count). The number of nitrogens with zero attached hydrogens (tertiary/aromatic N) is 2. The Hall–Kier alpha value is -1.19. The highest BCUT2D eigenvalue weighted by Gasteiger charge is 2.29. The lowest BCUT2D eigenvalue weighted by atomic mass is 10.0. The van der Waals surface area contributed by atoms with Crippen molar-refractivity contribution in [1.82, 2.24) is 9.29 Å². The van der Waals surface area contributed by atoms with E-state index in [1.807, 2.05) is 0 Å². The molecule has 1 aliphatic rings. The van der Waals surface area contributed by atoms with Crippen molar-refractivity contribution < 1.29 is 16.8 Å². The summed E-state index contributed by atoms with van der Waals surface area (Å²) in [6.07, 6.45) is 2.89. The van der Waals surface area contributed by atoms with E-state index in [1.165, 1.54) is 34.8 Å². The molecule has 0 bridgehead atoms. The molecule has 0 radical (unpaired) electrons. The van der Waals surface area contributed by atoms with Crippen molar-refractivity contribution >= 4 is 43.1 Å². The van der Waals surface area contributed by atoms with Crippen LogP contribution in [0, 0.1) is 5.92 Å². The van der Waals surface area contributed by atoms with Crippen LogP contribution in [-0.2, 0) is 25.6 Å². The van der Waals surface area contributed by atoms with E-state index in [1.54, 1.807) is 6.07 Å². The Morgan fingerprint density at radius 1 is 1.04 bits per heavy atom. The molecule has 0 spiro atoms. The Morgan fingerprint density at radius 2 is 1.64 bits per heavy atom. The van der Waals surface area contributed by atoms with Crippen molar-refractivity contribution in [3.63, 3.8) is 0 Å². The predicted molar refractivity (Wildman–Crippen MR) is 109 cm³/mol. The number of sulfone groups is 1. The van der Waals surface area contributed by atoms with Crippen LogP contribution in [0.15, 0.2) is 46.5 Å². The van der Waals surface area contributed by atoms with Gasteiger partial charge in [0.25, 0.3) is 10.0 Å². The lowest BCUT2D eigenvalue weighted by Gasteiger charge is -2.29. The summed E-state index contributed by atoms with van der Waals surface area (Å²) in [6.45, 7) is 3.03. The Labute approximate surface area is 175 Å². The highest BCUT2D eigenvalue weighted by molar-refractivity contribution is 7.91. The van der Waals surface area contributed by atoms with Gasteiger partial charge in [0.05, 0.1) is 15.8 Å². The van der Waals surface area contributed by atoms with E-state index >= 15 is 0 Å². The van der Waals surface area contributed by atoms with Crippen LogP contribution in [0.5, 0.6) is 0 Å². The Morgan fingerprint density at radius 3 is 2.18 bits per heavy atom. The molecule has 0 unspecified atom stereocenters. The van der Waals surface area contributed by atoms with Crippen molar-refractivity contribution in [2.75, 3.05) is 13.1 Å². The first kappa shape index (κ1) is 21.5. The standard InChI is InChI=1S/C18H20Cl2N2O4S2/c1-13-7-9-22(10-8-13)28(25,26)17-6-5-14(11-21-17)12-27(23,24)18-15(19)3-2-4-16(18)20/h2-6,11,13H,7-10,12H2,1H3. The van der Waals surface area contributed by atoms with E-state index in [9.17, 15) is 16.8 Å². The van der Waals surface area contributed by atoms with Gasteiger partial charge in [0.1, 0.15) is 4.90 Å². The number of rotatable bonds is 5. The van der Waals surface area contributed by atoms with Gasteiger partial charge in [0, 0.05) is 19.3 Å². The molecule has 28 heavy (non-hydrogen) atoms. The number of sulfonamides is 1. The SMILES string of the molecule is CC1CCN(S(=O)(=O)c2ccc(CS(=O)(=O)c3c(Cl)cccc3Cl)cn2)CC1. The fourth-order valence-electron chi connectivity index (χ4n) is 3.08. The fourth-order valence-corrected chi connectivity index (χ4v) is 7.05. The van der Waals surface area contributed by atoms with Gasteiger partial charge in [-0.3, -0.25) is 0 Å². The summed E-state index contributed by atoms with van der Waals surface area (Å²) in [5.41, 5.74) is 0.349. The largest absolute Gasteiger partial charge is 0.260 e. The van der Waals surface area contributed by atoms with Crippen LogP contribution in [0.1, 0.15) is 25.3 Å². The zero-order valence-corrected chi connectivity index (χ0v) is 18.3. The third kappa shape index (κ3) is 4.52. The highest BCUT2D eigenvalue weighted by Crippen LogP contribution is 2.31. The molecule has 10 heteroatoms. The molecule has 6 nitrogen and oxygen atoms in total. The van der Waals surface area contributed by atoms with Gasteiger partial charge < -0.3 is 0 Å². The van der Waals surface area contributed by atoms with Crippen molar-refractivity contribution in [2.45, 2.75) is 35.4 Å². The van der Waals surface area contributed by atoms with Gasteiger partial charge in [-0.1, -0.05) is 42.3 Å². The van der Waals surface area contributed by atoms with Crippen molar-refractivity contribution in [3.05, 3.63) is 52.1 Å². The molecule has 1 aromatic heterocycles. The first-order valence-electron chi connectivity index (χ1n) is 8.73. The van der Waals surface area contributed by atoms with Crippen molar-refractivity contribution in [2.24, 2.45) is 5.92 Å². The molecule has 0 N–H and O–H groups in total. The maximum Gasteiger partial charge on any atom is 0.260 e. The van der Waals surface area contributed by atoms with E-state index in [4.69, 9.17) is 23.2 Å². The van der Waals surface area contributed by atoms with Gasteiger partial charge in [0.2, 0.25) is 0 Å². The third-order valence-electron chi connectivity index (χ3n) is 4.73. The van der Waals surface area contributed by atoms with Gasteiger partial charge in [-0.15, -0.1) is 0 Å². The summed E-state index contributed by atoms with van der Waals surface area (Å²) in [5, 5.41) is -0.00283. The molecule has 1 fully saturated rings. The Balaban J connectivity index is 1.81. The average Bonchev–Trinajstić information content (AvgIpc) is 2.62. The number of pyridine rings is 1. The first-order valence-corrected chi connectivity index (χ1v) is 12.6. The number of halogens is 2. The number of piperidine rings is 1. The van der Waals surface area contributed by atoms with Crippen LogP contribution in [0.4, 0.5) is 0 Å². The summed E-state index contributed by atoms with van der Waals surface area (Å²) >= 11 is 12.0. The van der Waals surface area contributed by atoms with Gasteiger partial charge in [-0.25, -0.2) is 21.8 Å². The van der Waals surface area contributed by atoms with E-state index in [-0.39, 0.29) is 25.7 Å². The molecule has 0 aliphatic carbocycles. The summed E-state index contributed by atoms with van der Waals surface area (Å²) in [6, 6.07) is 7.26. The molecule has 0 atom stereocenters. The van der Waals surface area contributed by atoms with Crippen LogP contribution < -0.4 is 0 Å². The fraction of sp³-hybridized carbons (Fsp3) is 0.389. The maximum atomic E-state index is 12.7. The molecule has 152 valence electrons. The number of aromatic nitrogens is 1. The summed E-state index contributed by atoms with van der Waals surface area (Å²) in [5.74, 6) is 0.119. The molecular weight excluding hydrogens is 443 g/mol. The Bertz CT molecular complexity index is 1040. The molecule has 1 saturated heterocycles. The van der Waals surface area contributed by atoms with E-state index < -0.39 is 19.9 Å². The monoisotopic (exact) mass is 462 g/mol. The second kappa shape index (κ2) is 8.28. The van der Waals surface area contributed by atoms with Gasteiger partial charge in [-0.05, 0) is 42.5 Å².